The van der Waals surface area contributed by atoms with Crippen LogP contribution in [-0.4, -0.2) is 5.71 Å². The maximum absolute atomic E-state index is 5.03. The standard InChI is InChI=1S/C28H29N.C26H18S.C3H8/c1-5-21(2)23(4)29-28(19-22(3)24-13-8-6-9-14-24)27-18-12-17-26(20-27)25-15-10-7-11-16-25;1-15-7-5-10-17-18-13-14-22-26(19-9-3-4-12-21(19)27-22)25(18)20-11-6-8-16(2)24(20)23(15)17;1-3-2/h6-21H,3,5H2,1-2,4H3;3-14H,1-2H3;3H2,1-2H3/b28-19-,29-23?;;. The smallest absolute Gasteiger partial charge is 0.0707 e. The molecule has 9 rings (SSSR count). The molecule has 8 aromatic carbocycles. The lowest BCUT2D eigenvalue weighted by atomic mass is 9.88. The van der Waals surface area contributed by atoms with Crippen LogP contribution in [0.25, 0.3) is 74.9 Å². The van der Waals surface area contributed by atoms with Gasteiger partial charge in [0.2, 0.25) is 0 Å². The molecule has 1 nitrogen and oxygen atoms in total. The van der Waals surface area contributed by atoms with Gasteiger partial charge >= 0.3 is 0 Å². The number of benzene rings is 8. The zero-order chi connectivity index (χ0) is 41.5. The van der Waals surface area contributed by atoms with Crippen LogP contribution in [0.1, 0.15) is 69.7 Å². The van der Waals surface area contributed by atoms with Crippen LogP contribution in [0.3, 0.4) is 0 Å². The average Bonchev–Trinajstić information content (AvgIpc) is 3.66. The van der Waals surface area contributed by atoms with Crippen LogP contribution >= 0.6 is 11.3 Å². The molecule has 0 spiro atoms. The van der Waals surface area contributed by atoms with Crippen LogP contribution in [0.15, 0.2) is 175 Å². The van der Waals surface area contributed by atoms with E-state index < -0.39 is 0 Å². The Labute approximate surface area is 355 Å². The van der Waals surface area contributed by atoms with Gasteiger partial charge in [0, 0.05) is 31.4 Å². The summed E-state index contributed by atoms with van der Waals surface area (Å²) in [4.78, 5) is 5.03. The van der Waals surface area contributed by atoms with Gasteiger partial charge in [-0.2, -0.15) is 0 Å². The second-order valence-electron chi connectivity index (χ2n) is 15.6. The SMILES string of the molecule is C=C(/C=C(\N=C(C)C(C)CC)c1cccc(-c2ccccc2)c1)c1ccccc1.CCC.Cc1cccc2c3ccc4sc5ccccc5c4c3c3cccc(C)c3c12. The minimum Gasteiger partial charge on any atom is -0.257 e. The minimum absolute atomic E-state index is 0.445. The predicted octanol–water partition coefficient (Wildman–Crippen LogP) is 17.5. The van der Waals surface area contributed by atoms with E-state index in [1.165, 1.54) is 81.2 Å². The first kappa shape index (κ1) is 41.1. The molecule has 294 valence electrons. The first-order chi connectivity index (χ1) is 28.7. The topological polar surface area (TPSA) is 12.4 Å². The summed E-state index contributed by atoms with van der Waals surface area (Å²) in [6, 6.07) is 56.2. The van der Waals surface area contributed by atoms with Crippen LogP contribution in [-0.2, 0) is 0 Å². The number of nitrogens with zero attached hydrogens (tertiary/aromatic N) is 1. The molecule has 0 saturated heterocycles. The summed E-state index contributed by atoms with van der Waals surface area (Å²) < 4.78 is 2.74. The molecule has 0 amide bonds. The predicted molar refractivity (Wildman–Crippen MR) is 265 cm³/mol. The van der Waals surface area contributed by atoms with Gasteiger partial charge in [-0.1, -0.05) is 180 Å². The van der Waals surface area contributed by atoms with Crippen molar-refractivity contribution in [1.29, 1.82) is 0 Å². The van der Waals surface area contributed by atoms with E-state index in [-0.39, 0.29) is 0 Å². The summed E-state index contributed by atoms with van der Waals surface area (Å²) in [5.74, 6) is 0.445. The summed E-state index contributed by atoms with van der Waals surface area (Å²) in [5.41, 5.74) is 10.4. The van der Waals surface area contributed by atoms with Crippen LogP contribution < -0.4 is 0 Å². The largest absolute Gasteiger partial charge is 0.257 e. The Kier molecular flexibility index (Phi) is 13.0. The molecular formula is C57H55NS. The molecule has 0 aliphatic heterocycles. The van der Waals surface area contributed by atoms with E-state index in [0.29, 0.717) is 5.92 Å². The second-order valence-corrected chi connectivity index (χ2v) is 16.7. The van der Waals surface area contributed by atoms with Crippen LogP contribution in [0.2, 0.25) is 0 Å². The molecule has 1 heterocycles. The van der Waals surface area contributed by atoms with Gasteiger partial charge in [0.1, 0.15) is 0 Å². The Balaban J connectivity index is 0.000000168. The fourth-order valence-electron chi connectivity index (χ4n) is 7.92. The highest BCUT2D eigenvalue weighted by Gasteiger charge is 2.16. The zero-order valence-corrected chi connectivity index (χ0v) is 36.5. The monoisotopic (exact) mass is 785 g/mol. The van der Waals surface area contributed by atoms with Crippen molar-refractivity contribution in [1.82, 2.24) is 0 Å². The summed E-state index contributed by atoms with van der Waals surface area (Å²) >= 11 is 1.90. The van der Waals surface area contributed by atoms with Crippen molar-refractivity contribution in [2.45, 2.75) is 61.3 Å². The van der Waals surface area contributed by atoms with Crippen LogP contribution in [0.4, 0.5) is 0 Å². The van der Waals surface area contributed by atoms with E-state index >= 15 is 0 Å². The maximum atomic E-state index is 5.03. The Morgan fingerprint density at radius 2 is 1.10 bits per heavy atom. The molecule has 2 heteroatoms. The van der Waals surface area contributed by atoms with Crippen molar-refractivity contribution in [3.8, 4) is 11.1 Å². The van der Waals surface area contributed by atoms with E-state index in [1.54, 1.807) is 0 Å². The molecule has 0 bridgehead atoms. The van der Waals surface area contributed by atoms with Gasteiger partial charge in [-0.25, -0.2) is 0 Å². The Bertz CT molecular complexity index is 2960. The summed E-state index contributed by atoms with van der Waals surface area (Å²) in [6.07, 6.45) is 4.43. The summed E-state index contributed by atoms with van der Waals surface area (Å²) in [5, 5.41) is 11.1. The van der Waals surface area contributed by atoms with Crippen molar-refractivity contribution in [2.75, 3.05) is 0 Å². The summed E-state index contributed by atoms with van der Waals surface area (Å²) in [7, 11) is 0. The van der Waals surface area contributed by atoms with Gasteiger partial charge in [0.15, 0.2) is 0 Å². The third-order valence-corrected chi connectivity index (χ3v) is 12.4. The van der Waals surface area contributed by atoms with Crippen LogP contribution in [0, 0.1) is 19.8 Å². The lowest BCUT2D eigenvalue weighted by Gasteiger charge is -2.15. The number of hydrogen-bond donors (Lipinski definition) is 0. The fourth-order valence-corrected chi connectivity index (χ4v) is 9.03. The minimum atomic E-state index is 0.445. The highest BCUT2D eigenvalue weighted by Crippen LogP contribution is 2.45. The maximum Gasteiger partial charge on any atom is 0.0707 e. The third kappa shape index (κ3) is 8.70. The highest BCUT2D eigenvalue weighted by molar-refractivity contribution is 7.26. The van der Waals surface area contributed by atoms with Gasteiger partial charge in [0.05, 0.1) is 5.70 Å². The van der Waals surface area contributed by atoms with Crippen molar-refractivity contribution in [3.05, 3.63) is 193 Å². The van der Waals surface area contributed by atoms with Gasteiger partial charge in [-0.05, 0) is 123 Å². The van der Waals surface area contributed by atoms with E-state index in [1.807, 2.05) is 35.6 Å². The molecule has 0 N–H and O–H groups in total. The number of allylic oxidation sites excluding steroid dienone is 2. The molecule has 0 aliphatic carbocycles. The molecule has 59 heavy (non-hydrogen) atoms. The first-order valence-corrected chi connectivity index (χ1v) is 21.9. The molecule has 0 fully saturated rings. The summed E-state index contributed by atoms with van der Waals surface area (Å²) in [6.45, 7) is 19.6. The van der Waals surface area contributed by atoms with E-state index in [4.69, 9.17) is 4.99 Å². The quantitative estimate of drug-likeness (QED) is 0.0867. The van der Waals surface area contributed by atoms with Gasteiger partial charge in [0.25, 0.3) is 0 Å². The van der Waals surface area contributed by atoms with Crippen LogP contribution in [0.5, 0.6) is 0 Å². The molecule has 0 radical (unpaired) electrons. The van der Waals surface area contributed by atoms with Gasteiger partial charge < -0.3 is 0 Å². The average molecular weight is 786 g/mol. The molecule has 9 aromatic rings. The Morgan fingerprint density at radius 3 is 1.80 bits per heavy atom. The molecular weight excluding hydrogens is 731 g/mol. The lowest BCUT2D eigenvalue weighted by molar-refractivity contribution is 0.736. The van der Waals surface area contributed by atoms with Gasteiger partial charge in [-0.3, -0.25) is 4.99 Å². The normalized spacial score (nSPS) is 12.3. The number of aliphatic imine (C=N–C) groups is 1. The lowest BCUT2D eigenvalue weighted by Crippen LogP contribution is -2.05. The fraction of sp³-hybridized carbons (Fsp3) is 0.175. The van der Waals surface area contributed by atoms with Crippen molar-refractivity contribution in [3.63, 3.8) is 0 Å². The number of thiophene rings is 1. The van der Waals surface area contributed by atoms with Crippen molar-refractivity contribution < 1.29 is 0 Å². The molecule has 1 aromatic heterocycles. The number of hydrogen-bond acceptors (Lipinski definition) is 2. The second kappa shape index (κ2) is 18.7. The van der Waals surface area contributed by atoms with E-state index in [0.717, 1.165) is 34.5 Å². The number of aryl methyl sites for hydroxylation is 2. The molecule has 0 saturated carbocycles. The Morgan fingerprint density at radius 1 is 0.559 bits per heavy atom. The van der Waals surface area contributed by atoms with E-state index in [2.05, 4.69) is 195 Å². The van der Waals surface area contributed by atoms with Crippen molar-refractivity contribution in [2.24, 2.45) is 10.9 Å². The zero-order valence-electron chi connectivity index (χ0n) is 35.6. The number of rotatable bonds is 7. The third-order valence-electron chi connectivity index (χ3n) is 11.2. The van der Waals surface area contributed by atoms with Gasteiger partial charge in [-0.15, -0.1) is 11.3 Å². The Hall–Kier alpha value is -6.09. The van der Waals surface area contributed by atoms with E-state index in [9.17, 15) is 0 Å². The molecule has 1 unspecified atom stereocenters. The van der Waals surface area contributed by atoms with Crippen molar-refractivity contribution >= 4 is 80.8 Å². The highest BCUT2D eigenvalue weighted by atomic mass is 32.1. The molecule has 0 aliphatic rings. The molecule has 1 atom stereocenters. The first-order valence-electron chi connectivity index (χ1n) is 21.1. The number of fused-ring (bicyclic) bond motifs is 10.